The summed E-state index contributed by atoms with van der Waals surface area (Å²) in [5.41, 5.74) is 3.17. The van der Waals surface area contributed by atoms with E-state index in [-0.39, 0.29) is 5.82 Å². The van der Waals surface area contributed by atoms with Crippen molar-refractivity contribution in [2.24, 2.45) is 10.4 Å². The van der Waals surface area contributed by atoms with E-state index in [4.69, 9.17) is 4.99 Å². The number of amidine groups is 1. The van der Waals surface area contributed by atoms with Crippen molar-refractivity contribution in [2.75, 3.05) is 32.7 Å². The topological polar surface area (TPSA) is 56.1 Å². The second-order valence-electron chi connectivity index (χ2n) is 8.49. The number of piperazine rings is 1. The maximum atomic E-state index is 13.9. The summed E-state index contributed by atoms with van der Waals surface area (Å²) >= 11 is 0. The quantitative estimate of drug-likeness (QED) is 0.864. The van der Waals surface area contributed by atoms with Crippen LogP contribution in [0.5, 0.6) is 0 Å². The average Bonchev–Trinajstić information content (AvgIpc) is 2.84. The molecule has 0 bridgehead atoms. The molecule has 0 radical (unpaired) electrons. The van der Waals surface area contributed by atoms with E-state index in [1.165, 1.54) is 6.07 Å². The molecule has 2 heterocycles. The van der Waals surface area contributed by atoms with E-state index in [9.17, 15) is 14.3 Å². The predicted molar refractivity (Wildman–Crippen MR) is 111 cm³/mol. The van der Waals surface area contributed by atoms with Crippen LogP contribution in [0, 0.1) is 11.2 Å². The number of carboxylic acids is 1. The Bertz CT molecular complexity index is 962. The van der Waals surface area contributed by atoms with Crippen LogP contribution in [-0.2, 0) is 11.2 Å². The number of fused-ring (bicyclic) bond motifs is 2. The van der Waals surface area contributed by atoms with E-state index < -0.39 is 11.4 Å². The summed E-state index contributed by atoms with van der Waals surface area (Å²) in [6.45, 7) is 7.10. The fourth-order valence-electron chi connectivity index (χ4n) is 4.06. The number of hydrogen-bond acceptors (Lipinski definition) is 4. The van der Waals surface area contributed by atoms with E-state index >= 15 is 0 Å². The average molecular weight is 395 g/mol. The Hall–Kier alpha value is -2.73. The first-order valence-electron chi connectivity index (χ1n) is 9.99. The zero-order valence-corrected chi connectivity index (χ0v) is 16.9. The molecule has 0 atom stereocenters. The van der Waals surface area contributed by atoms with E-state index in [1.807, 2.05) is 30.3 Å². The number of benzene rings is 2. The third kappa shape index (κ3) is 4.03. The lowest BCUT2D eigenvalue weighted by Crippen LogP contribution is -2.52. The van der Waals surface area contributed by atoms with E-state index in [0.29, 0.717) is 13.0 Å². The van der Waals surface area contributed by atoms with Gasteiger partial charge in [0.05, 0.1) is 11.1 Å². The molecule has 1 saturated heterocycles. The lowest BCUT2D eigenvalue weighted by molar-refractivity contribution is -0.148. The normalized spacial score (nSPS) is 17.2. The fourth-order valence-corrected chi connectivity index (χ4v) is 4.06. The number of para-hydroxylation sites is 1. The van der Waals surface area contributed by atoms with Crippen LogP contribution >= 0.6 is 0 Å². The summed E-state index contributed by atoms with van der Waals surface area (Å²) in [4.78, 5) is 20.8. The Labute approximate surface area is 170 Å². The SMILES string of the molecule is CC(C)(CN1CCN(C2=Nc3ccccc3Cc3cc(F)ccc32)CC1)C(=O)O. The number of aliphatic imine (C=N–C) groups is 1. The third-order valence-electron chi connectivity index (χ3n) is 5.78. The summed E-state index contributed by atoms with van der Waals surface area (Å²) in [6.07, 6.45) is 0.656. The van der Waals surface area contributed by atoms with Crippen molar-refractivity contribution in [1.29, 1.82) is 0 Å². The first-order chi connectivity index (χ1) is 13.8. The van der Waals surface area contributed by atoms with Crippen molar-refractivity contribution in [2.45, 2.75) is 20.3 Å². The number of rotatable bonds is 3. The van der Waals surface area contributed by atoms with Crippen LogP contribution in [0.4, 0.5) is 10.1 Å². The van der Waals surface area contributed by atoms with Gasteiger partial charge in [-0.25, -0.2) is 9.38 Å². The molecule has 6 heteroatoms. The molecule has 0 unspecified atom stereocenters. The van der Waals surface area contributed by atoms with Crippen LogP contribution in [0.1, 0.15) is 30.5 Å². The van der Waals surface area contributed by atoms with Gasteiger partial charge in [0.25, 0.3) is 0 Å². The lowest BCUT2D eigenvalue weighted by atomic mass is 9.93. The summed E-state index contributed by atoms with van der Waals surface area (Å²) in [6, 6.07) is 12.9. The zero-order chi connectivity index (χ0) is 20.6. The minimum absolute atomic E-state index is 0.233. The van der Waals surface area contributed by atoms with Gasteiger partial charge in [0.2, 0.25) is 0 Å². The first-order valence-corrected chi connectivity index (χ1v) is 9.99. The molecule has 152 valence electrons. The second kappa shape index (κ2) is 7.59. The van der Waals surface area contributed by atoms with Gasteiger partial charge in [-0.2, -0.15) is 0 Å². The van der Waals surface area contributed by atoms with Crippen LogP contribution in [0.2, 0.25) is 0 Å². The summed E-state index contributed by atoms with van der Waals surface area (Å²) in [5.74, 6) is -0.133. The zero-order valence-electron chi connectivity index (χ0n) is 16.9. The van der Waals surface area contributed by atoms with Gasteiger partial charge in [-0.05, 0) is 49.2 Å². The number of carbonyl (C=O) groups is 1. The molecule has 2 aliphatic rings. The maximum Gasteiger partial charge on any atom is 0.310 e. The minimum Gasteiger partial charge on any atom is -0.481 e. The van der Waals surface area contributed by atoms with Crippen LogP contribution in [0.25, 0.3) is 0 Å². The van der Waals surface area contributed by atoms with Crippen molar-refractivity contribution in [1.82, 2.24) is 9.80 Å². The Morgan fingerprint density at radius 3 is 2.55 bits per heavy atom. The van der Waals surface area contributed by atoms with Gasteiger partial charge in [0.1, 0.15) is 11.7 Å². The van der Waals surface area contributed by atoms with E-state index in [1.54, 1.807) is 19.9 Å². The monoisotopic (exact) mass is 395 g/mol. The molecule has 1 N–H and O–H groups in total. The molecule has 2 aliphatic heterocycles. The Kier molecular flexibility index (Phi) is 5.13. The molecular formula is C23H26FN3O2. The van der Waals surface area contributed by atoms with Crippen molar-refractivity contribution in [3.63, 3.8) is 0 Å². The minimum atomic E-state index is -0.777. The highest BCUT2D eigenvalue weighted by Gasteiger charge is 2.32. The molecule has 4 rings (SSSR count). The summed E-state index contributed by atoms with van der Waals surface area (Å²) < 4.78 is 13.9. The number of carboxylic acid groups (broad SMARTS) is 1. The van der Waals surface area contributed by atoms with Crippen molar-refractivity contribution in [3.05, 3.63) is 65.0 Å². The van der Waals surface area contributed by atoms with Crippen molar-refractivity contribution in [3.8, 4) is 0 Å². The number of hydrogen-bond donors (Lipinski definition) is 1. The highest BCUT2D eigenvalue weighted by Crippen LogP contribution is 2.30. The van der Waals surface area contributed by atoms with E-state index in [2.05, 4.69) is 9.80 Å². The maximum absolute atomic E-state index is 13.9. The molecule has 1 fully saturated rings. The van der Waals surface area contributed by atoms with Crippen molar-refractivity contribution < 1.29 is 14.3 Å². The standard InChI is InChI=1S/C23H26FN3O2/c1-23(2,22(28)29)15-26-9-11-27(12-10-26)21-19-8-7-18(24)14-17(19)13-16-5-3-4-6-20(16)25-21/h3-8,14H,9-13,15H2,1-2H3,(H,28,29). The molecule has 2 aromatic carbocycles. The highest BCUT2D eigenvalue weighted by atomic mass is 19.1. The van der Waals surface area contributed by atoms with E-state index in [0.717, 1.165) is 54.4 Å². The summed E-state index contributed by atoms with van der Waals surface area (Å²) in [7, 11) is 0. The predicted octanol–water partition coefficient (Wildman–Crippen LogP) is 3.54. The Morgan fingerprint density at radius 2 is 1.83 bits per heavy atom. The van der Waals surface area contributed by atoms with Crippen molar-refractivity contribution >= 4 is 17.5 Å². The molecule has 5 nitrogen and oxygen atoms in total. The van der Waals surface area contributed by atoms with Gasteiger partial charge in [-0.1, -0.05) is 18.2 Å². The molecule has 0 amide bonds. The van der Waals surface area contributed by atoms with Crippen LogP contribution in [0.3, 0.4) is 0 Å². The number of halogens is 1. The third-order valence-corrected chi connectivity index (χ3v) is 5.78. The summed E-state index contributed by atoms with van der Waals surface area (Å²) in [5, 5.41) is 9.40. The van der Waals surface area contributed by atoms with Crippen LogP contribution in [-0.4, -0.2) is 59.4 Å². The van der Waals surface area contributed by atoms with Gasteiger partial charge in [0, 0.05) is 44.7 Å². The molecule has 0 aliphatic carbocycles. The number of aliphatic carboxylic acids is 1. The number of nitrogens with zero attached hydrogens (tertiary/aromatic N) is 3. The second-order valence-corrected chi connectivity index (χ2v) is 8.49. The molecule has 0 spiro atoms. The molecule has 0 saturated carbocycles. The molecule has 0 aromatic heterocycles. The van der Waals surface area contributed by atoms with Gasteiger partial charge < -0.3 is 10.0 Å². The Balaban J connectivity index is 1.60. The first kappa shape index (κ1) is 19.6. The van der Waals surface area contributed by atoms with Gasteiger partial charge >= 0.3 is 5.97 Å². The largest absolute Gasteiger partial charge is 0.481 e. The lowest BCUT2D eigenvalue weighted by Gasteiger charge is -2.39. The fraction of sp³-hybridized carbons (Fsp3) is 0.391. The molecular weight excluding hydrogens is 369 g/mol. The highest BCUT2D eigenvalue weighted by molar-refractivity contribution is 6.02. The van der Waals surface area contributed by atoms with Gasteiger partial charge in [-0.3, -0.25) is 9.69 Å². The van der Waals surface area contributed by atoms with Gasteiger partial charge in [-0.15, -0.1) is 0 Å². The Morgan fingerprint density at radius 1 is 1.10 bits per heavy atom. The smallest absolute Gasteiger partial charge is 0.310 e. The van der Waals surface area contributed by atoms with Crippen LogP contribution in [0.15, 0.2) is 47.5 Å². The van der Waals surface area contributed by atoms with Gasteiger partial charge in [0.15, 0.2) is 0 Å². The van der Waals surface area contributed by atoms with Crippen LogP contribution < -0.4 is 0 Å². The molecule has 2 aromatic rings. The molecule has 29 heavy (non-hydrogen) atoms.